The van der Waals surface area contributed by atoms with Gasteiger partial charge in [-0.25, -0.2) is 0 Å². The summed E-state index contributed by atoms with van der Waals surface area (Å²) in [6.45, 7) is 21.5. The molecule has 1 saturated carbocycles. The maximum atomic E-state index is 5.23. The zero-order valence-corrected chi connectivity index (χ0v) is 21.0. The van der Waals surface area contributed by atoms with Crippen LogP contribution >= 0.6 is 9.30 Å². The molecule has 1 rings (SSSR count). The fraction of sp³-hybridized carbons (Fsp3) is 0.944. The van der Waals surface area contributed by atoms with E-state index in [1.165, 1.54) is 19.4 Å². The second kappa shape index (κ2) is 12.5. The molecule has 0 heterocycles. The molecule has 0 saturated heterocycles. The van der Waals surface area contributed by atoms with E-state index in [0.29, 0.717) is 0 Å². The van der Waals surface area contributed by atoms with Crippen LogP contribution in [0.25, 0.3) is 10.3 Å². The molecule has 1 aliphatic carbocycles. The summed E-state index contributed by atoms with van der Waals surface area (Å²) in [4.78, 5) is 5.23. The number of nitrogens with zero attached hydrogens (tertiary/aromatic N) is 2. The standard InChI is InChI=1S/C15H32NSi.C2H6N.CH3.ClH.Ti/c1-10-11(2)13(4)14(12(10)3)17(8,9)16-15(5,6)7;1-3-2;;;/h10-14H,1-9H3;1-2H3;1H3;1H;/q3*-1;;+4/p-1. The molecular weight excluding hydrogens is 356 g/mol. The van der Waals surface area contributed by atoms with E-state index < -0.39 is 8.24 Å². The summed E-state index contributed by atoms with van der Waals surface area (Å²) in [7, 11) is 6.65. The molecule has 2 nitrogen and oxygen atoms in total. The summed E-state index contributed by atoms with van der Waals surface area (Å²) >= 11 is 1.47. The number of halogens is 1. The van der Waals surface area contributed by atoms with Crippen molar-refractivity contribution in [1.82, 2.24) is 0 Å². The van der Waals surface area contributed by atoms with Gasteiger partial charge < -0.3 is 17.7 Å². The summed E-state index contributed by atoms with van der Waals surface area (Å²) in [5, 5.41) is 3.50. The predicted molar refractivity (Wildman–Crippen MR) is 108 cm³/mol. The van der Waals surface area contributed by atoms with Crippen LogP contribution in [0.4, 0.5) is 0 Å². The van der Waals surface area contributed by atoms with E-state index in [9.17, 15) is 0 Å². The van der Waals surface area contributed by atoms with Gasteiger partial charge in [-0.15, -0.1) is 5.54 Å². The van der Waals surface area contributed by atoms with Gasteiger partial charge in [-0.05, 0) is 23.7 Å². The van der Waals surface area contributed by atoms with Crippen LogP contribution in [0.5, 0.6) is 0 Å². The molecule has 0 bridgehead atoms. The monoisotopic (exact) mass is 396 g/mol. The molecule has 0 amide bonds. The maximum absolute atomic E-state index is 5.23. The molecular formula is C18H41ClN2SiTi. The van der Waals surface area contributed by atoms with Gasteiger partial charge in [0.15, 0.2) is 0 Å². The third kappa shape index (κ3) is 9.42. The molecule has 0 radical (unpaired) electrons. The number of hydrogen-bond acceptors (Lipinski definition) is 0. The summed E-state index contributed by atoms with van der Waals surface area (Å²) in [6, 6.07) is 0. The van der Waals surface area contributed by atoms with Crippen molar-refractivity contribution in [2.45, 2.75) is 72.6 Å². The Bertz CT molecular complexity index is 281. The van der Waals surface area contributed by atoms with Crippen molar-refractivity contribution in [2.24, 2.45) is 23.7 Å². The zero-order chi connectivity index (χ0) is 18.3. The second-order valence-electron chi connectivity index (χ2n) is 8.35. The van der Waals surface area contributed by atoms with E-state index in [0.717, 1.165) is 29.2 Å². The van der Waals surface area contributed by atoms with E-state index in [1.54, 1.807) is 14.1 Å². The third-order valence-electron chi connectivity index (χ3n) is 5.06. The van der Waals surface area contributed by atoms with Gasteiger partial charge in [0.25, 0.3) is 0 Å². The van der Waals surface area contributed by atoms with Gasteiger partial charge in [0, 0.05) is 0 Å². The fourth-order valence-electron chi connectivity index (χ4n) is 4.32. The molecule has 5 heteroatoms. The predicted octanol–water partition coefficient (Wildman–Crippen LogP) is 7.05. The van der Waals surface area contributed by atoms with Gasteiger partial charge in [0.05, 0.1) is 0 Å². The molecule has 0 spiro atoms. The molecule has 0 aliphatic heterocycles. The van der Waals surface area contributed by atoms with Gasteiger partial charge >= 0.3 is 28.7 Å². The van der Waals surface area contributed by atoms with E-state index in [4.69, 9.17) is 4.98 Å². The molecule has 23 heavy (non-hydrogen) atoms. The van der Waals surface area contributed by atoms with Gasteiger partial charge in [-0.1, -0.05) is 75.3 Å². The second-order valence-corrected chi connectivity index (χ2v) is 12.5. The summed E-state index contributed by atoms with van der Waals surface area (Å²) in [5.74, 6) is 3.40. The molecule has 4 atom stereocenters. The average molecular weight is 397 g/mol. The normalized spacial score (nSPS) is 30.4. The van der Waals surface area contributed by atoms with Crippen LogP contribution in [-0.4, -0.2) is 27.9 Å². The molecule has 138 valence electrons. The minimum atomic E-state index is -1.49. The third-order valence-corrected chi connectivity index (χ3v) is 8.99. The van der Waals surface area contributed by atoms with Crippen molar-refractivity contribution in [1.29, 1.82) is 0 Å². The summed E-state index contributed by atoms with van der Waals surface area (Å²) in [6.07, 6.45) is 0. The van der Waals surface area contributed by atoms with Crippen molar-refractivity contribution in [2.75, 3.05) is 14.1 Å². The molecule has 0 aromatic heterocycles. The Morgan fingerprint density at radius 3 is 1.30 bits per heavy atom. The molecule has 0 aromatic carbocycles. The van der Waals surface area contributed by atoms with Crippen molar-refractivity contribution in [3.63, 3.8) is 0 Å². The quantitative estimate of drug-likeness (QED) is 0.353. The van der Waals surface area contributed by atoms with Gasteiger partial charge in [0.2, 0.25) is 0 Å². The first kappa shape index (κ1) is 28.9. The van der Waals surface area contributed by atoms with Gasteiger partial charge in [-0.2, -0.15) is 14.1 Å². The Kier molecular flexibility index (Phi) is 15.7. The molecule has 4 unspecified atom stereocenters. The van der Waals surface area contributed by atoms with E-state index >= 15 is 0 Å². The Balaban J connectivity index is -0.000000596. The van der Waals surface area contributed by atoms with Crippen LogP contribution in [0.15, 0.2) is 0 Å². The molecule has 1 fully saturated rings. The van der Waals surface area contributed by atoms with Crippen LogP contribution in [-0.2, 0) is 19.4 Å². The van der Waals surface area contributed by atoms with Crippen LogP contribution in [0, 0.1) is 31.1 Å². The van der Waals surface area contributed by atoms with Crippen LogP contribution in [0.3, 0.4) is 0 Å². The van der Waals surface area contributed by atoms with Crippen molar-refractivity contribution in [3.8, 4) is 0 Å². The van der Waals surface area contributed by atoms with Crippen molar-refractivity contribution >= 4 is 17.5 Å². The molecule has 0 aromatic rings. The minimum absolute atomic E-state index is 0. The van der Waals surface area contributed by atoms with Crippen LogP contribution in [0.1, 0.15) is 48.5 Å². The topological polar surface area (TPSA) is 28.2 Å². The van der Waals surface area contributed by atoms with Gasteiger partial charge in [0.1, 0.15) is 0 Å². The number of rotatable bonds is 2. The Hall–Kier alpha value is 1.14. The Morgan fingerprint density at radius 1 is 0.826 bits per heavy atom. The first-order valence-corrected chi connectivity index (χ1v) is 13.5. The van der Waals surface area contributed by atoms with Crippen LogP contribution < -0.4 is 0 Å². The average Bonchev–Trinajstić information content (AvgIpc) is 2.54. The zero-order valence-electron chi connectivity index (χ0n) is 17.7. The fourth-order valence-corrected chi connectivity index (χ4v) is 9.37. The van der Waals surface area contributed by atoms with Crippen molar-refractivity contribution in [3.05, 3.63) is 17.7 Å². The summed E-state index contributed by atoms with van der Waals surface area (Å²) < 4.78 is 0. The molecule has 0 N–H and O–H groups in total. The first-order valence-electron chi connectivity index (χ1n) is 8.30. The summed E-state index contributed by atoms with van der Waals surface area (Å²) in [5.41, 5.74) is 0.983. The Labute approximate surface area is 164 Å². The molecule has 1 aliphatic rings. The van der Waals surface area contributed by atoms with E-state index in [-0.39, 0.29) is 13.0 Å². The number of hydrogen-bond donors (Lipinski definition) is 0. The Morgan fingerprint density at radius 2 is 1.09 bits per heavy atom. The van der Waals surface area contributed by atoms with E-state index in [1.807, 2.05) is 0 Å². The van der Waals surface area contributed by atoms with Crippen molar-refractivity contribution < 1.29 is 19.4 Å². The van der Waals surface area contributed by atoms with E-state index in [2.05, 4.69) is 76.2 Å². The first-order chi connectivity index (χ1) is 9.89. The SMILES string of the molecule is CC1C(C)C(C)C([Si](C)(C)[N-]C(C)(C)C)C1C.C[N-]C.[CH3-].[Cl][Ti+3]. The van der Waals surface area contributed by atoms with Crippen LogP contribution in [0.2, 0.25) is 18.6 Å². The van der Waals surface area contributed by atoms with Gasteiger partial charge in [-0.3, -0.25) is 0 Å².